The smallest absolute Gasteiger partial charge is 0.239 e. The fourth-order valence-corrected chi connectivity index (χ4v) is 3.42. The van der Waals surface area contributed by atoms with Crippen LogP contribution in [0.1, 0.15) is 33.6 Å². The number of hydrogen-bond acceptors (Lipinski definition) is 3. The van der Waals surface area contributed by atoms with E-state index >= 15 is 0 Å². The molecule has 28 heavy (non-hydrogen) atoms. The fourth-order valence-electron chi connectivity index (χ4n) is 3.42. The van der Waals surface area contributed by atoms with Crippen molar-refractivity contribution >= 4 is 17.5 Å². The number of anilines is 1. The number of benzene rings is 2. The molecule has 0 radical (unpaired) electrons. The summed E-state index contributed by atoms with van der Waals surface area (Å²) in [5, 5.41) is 2.89. The topological polar surface area (TPSA) is 58.6 Å². The maximum atomic E-state index is 13.0. The minimum Gasteiger partial charge on any atom is -0.455 e. The molecule has 1 aliphatic rings. The van der Waals surface area contributed by atoms with Crippen molar-refractivity contribution in [1.29, 1.82) is 0 Å². The number of nitrogens with zero attached hydrogens (tertiary/aromatic N) is 1. The molecular weight excluding hydrogens is 352 g/mol. The number of para-hydroxylation sites is 3. The average Bonchev–Trinajstić information content (AvgIpc) is 2.69. The molecule has 3 rings (SSSR count). The van der Waals surface area contributed by atoms with Gasteiger partial charge in [0.2, 0.25) is 11.8 Å². The van der Waals surface area contributed by atoms with Gasteiger partial charge in [-0.3, -0.25) is 9.59 Å². The van der Waals surface area contributed by atoms with Crippen LogP contribution in [0.5, 0.6) is 11.5 Å². The van der Waals surface area contributed by atoms with E-state index in [1.54, 1.807) is 26.0 Å². The Morgan fingerprint density at radius 2 is 1.75 bits per heavy atom. The van der Waals surface area contributed by atoms with E-state index in [9.17, 15) is 9.59 Å². The van der Waals surface area contributed by atoms with E-state index in [1.165, 1.54) is 0 Å². The highest BCUT2D eigenvalue weighted by atomic mass is 16.5. The predicted octanol–water partition coefficient (Wildman–Crippen LogP) is 4.70. The Balaban J connectivity index is 1.74. The summed E-state index contributed by atoms with van der Waals surface area (Å²) in [6.07, 6.45) is 2.11. The van der Waals surface area contributed by atoms with Crippen LogP contribution in [-0.4, -0.2) is 29.8 Å². The van der Waals surface area contributed by atoms with E-state index in [-0.39, 0.29) is 11.8 Å². The van der Waals surface area contributed by atoms with E-state index in [1.807, 2.05) is 47.4 Å². The zero-order valence-corrected chi connectivity index (χ0v) is 16.8. The predicted molar refractivity (Wildman–Crippen MR) is 110 cm³/mol. The molecule has 0 spiro atoms. The summed E-state index contributed by atoms with van der Waals surface area (Å²) in [6.45, 7) is 6.94. The SMILES string of the molecule is CC1CCCN(C(=O)C(C)(C)C(=O)Nc2ccccc2Oc2ccccc2)C1. The molecular formula is C23H28N2O3. The minimum atomic E-state index is -1.16. The second kappa shape index (κ2) is 8.46. The first-order valence-electron chi connectivity index (χ1n) is 9.80. The zero-order chi connectivity index (χ0) is 20.1. The molecule has 0 aliphatic carbocycles. The number of rotatable bonds is 5. The molecule has 1 heterocycles. The number of piperidine rings is 1. The Bertz CT molecular complexity index is 833. The van der Waals surface area contributed by atoms with Crippen molar-refractivity contribution < 1.29 is 14.3 Å². The van der Waals surface area contributed by atoms with Crippen LogP contribution in [-0.2, 0) is 9.59 Å². The summed E-state index contributed by atoms with van der Waals surface area (Å²) in [4.78, 5) is 27.8. The first-order valence-corrected chi connectivity index (χ1v) is 9.80. The van der Waals surface area contributed by atoms with Gasteiger partial charge in [-0.15, -0.1) is 0 Å². The van der Waals surface area contributed by atoms with Gasteiger partial charge in [-0.1, -0.05) is 37.3 Å². The monoisotopic (exact) mass is 380 g/mol. The molecule has 2 amide bonds. The molecule has 1 N–H and O–H groups in total. The minimum absolute atomic E-state index is 0.127. The van der Waals surface area contributed by atoms with Gasteiger partial charge < -0.3 is 15.0 Å². The molecule has 5 nitrogen and oxygen atoms in total. The molecule has 5 heteroatoms. The van der Waals surface area contributed by atoms with Crippen LogP contribution >= 0.6 is 0 Å². The number of likely N-dealkylation sites (tertiary alicyclic amines) is 1. The Labute approximate surface area is 166 Å². The first kappa shape index (κ1) is 19.9. The van der Waals surface area contributed by atoms with E-state index in [0.717, 1.165) is 12.8 Å². The molecule has 1 unspecified atom stereocenters. The molecule has 2 aromatic rings. The van der Waals surface area contributed by atoms with Crippen molar-refractivity contribution in [3.8, 4) is 11.5 Å². The van der Waals surface area contributed by atoms with E-state index in [2.05, 4.69) is 12.2 Å². The fraction of sp³-hybridized carbons (Fsp3) is 0.391. The highest BCUT2D eigenvalue weighted by Crippen LogP contribution is 2.31. The first-order chi connectivity index (χ1) is 13.4. The van der Waals surface area contributed by atoms with Crippen LogP contribution in [0, 0.1) is 11.3 Å². The molecule has 0 saturated carbocycles. The van der Waals surface area contributed by atoms with Crippen LogP contribution < -0.4 is 10.1 Å². The molecule has 0 bridgehead atoms. The van der Waals surface area contributed by atoms with Crippen LogP contribution in [0.2, 0.25) is 0 Å². The van der Waals surface area contributed by atoms with Crippen LogP contribution in [0.15, 0.2) is 54.6 Å². The van der Waals surface area contributed by atoms with Gasteiger partial charge in [0.25, 0.3) is 0 Å². The summed E-state index contributed by atoms with van der Waals surface area (Å²) >= 11 is 0. The third-order valence-electron chi connectivity index (χ3n) is 5.15. The highest BCUT2D eigenvalue weighted by molar-refractivity contribution is 6.10. The molecule has 1 aliphatic heterocycles. The van der Waals surface area contributed by atoms with Gasteiger partial charge in [-0.05, 0) is 56.9 Å². The van der Waals surface area contributed by atoms with E-state index < -0.39 is 5.41 Å². The second-order valence-electron chi connectivity index (χ2n) is 7.99. The van der Waals surface area contributed by atoms with Crippen molar-refractivity contribution in [2.45, 2.75) is 33.6 Å². The van der Waals surface area contributed by atoms with Gasteiger partial charge >= 0.3 is 0 Å². The third kappa shape index (κ3) is 4.53. The zero-order valence-electron chi connectivity index (χ0n) is 16.8. The van der Waals surface area contributed by atoms with Gasteiger partial charge in [0.1, 0.15) is 11.2 Å². The lowest BCUT2D eigenvalue weighted by Gasteiger charge is -2.36. The number of carbonyl (C=O) groups is 2. The number of nitrogens with one attached hydrogen (secondary N) is 1. The normalized spacial score (nSPS) is 17.1. The lowest BCUT2D eigenvalue weighted by atomic mass is 9.88. The van der Waals surface area contributed by atoms with Crippen LogP contribution in [0.25, 0.3) is 0 Å². The number of ether oxygens (including phenoxy) is 1. The standard InChI is InChI=1S/C23H28N2O3/c1-17-10-9-15-25(16-17)22(27)23(2,3)21(26)24-19-13-7-8-14-20(19)28-18-11-5-4-6-12-18/h4-8,11-14,17H,9-10,15-16H2,1-3H3,(H,24,26). The lowest BCUT2D eigenvalue weighted by Crippen LogP contribution is -2.50. The summed E-state index contributed by atoms with van der Waals surface area (Å²) in [5.41, 5.74) is -0.610. The van der Waals surface area contributed by atoms with Crippen molar-refractivity contribution in [3.63, 3.8) is 0 Å². The second-order valence-corrected chi connectivity index (χ2v) is 7.99. The van der Waals surface area contributed by atoms with E-state index in [0.29, 0.717) is 36.2 Å². The molecule has 2 aromatic carbocycles. The van der Waals surface area contributed by atoms with Gasteiger partial charge in [-0.25, -0.2) is 0 Å². The summed E-state index contributed by atoms with van der Waals surface area (Å²) in [6, 6.07) is 16.6. The Hall–Kier alpha value is -2.82. The van der Waals surface area contributed by atoms with Gasteiger partial charge in [0.05, 0.1) is 5.69 Å². The van der Waals surface area contributed by atoms with E-state index in [4.69, 9.17) is 4.74 Å². The molecule has 1 saturated heterocycles. The Morgan fingerprint density at radius 1 is 1.07 bits per heavy atom. The quantitative estimate of drug-likeness (QED) is 0.765. The van der Waals surface area contributed by atoms with Gasteiger partial charge in [0.15, 0.2) is 5.75 Å². The highest BCUT2D eigenvalue weighted by Gasteiger charge is 2.40. The third-order valence-corrected chi connectivity index (χ3v) is 5.15. The molecule has 1 atom stereocenters. The van der Waals surface area contributed by atoms with Crippen molar-refractivity contribution in [3.05, 3.63) is 54.6 Å². The largest absolute Gasteiger partial charge is 0.455 e. The van der Waals surface area contributed by atoms with Gasteiger partial charge in [0, 0.05) is 13.1 Å². The Kier molecular flexibility index (Phi) is 6.02. The maximum absolute atomic E-state index is 13.0. The number of amides is 2. The van der Waals surface area contributed by atoms with Crippen LogP contribution in [0.4, 0.5) is 5.69 Å². The molecule has 0 aromatic heterocycles. The van der Waals surface area contributed by atoms with Crippen LogP contribution in [0.3, 0.4) is 0 Å². The summed E-state index contributed by atoms with van der Waals surface area (Å²) in [5.74, 6) is 1.23. The Morgan fingerprint density at radius 3 is 2.46 bits per heavy atom. The maximum Gasteiger partial charge on any atom is 0.239 e. The average molecular weight is 380 g/mol. The summed E-state index contributed by atoms with van der Waals surface area (Å²) < 4.78 is 5.90. The number of carbonyl (C=O) groups excluding carboxylic acids is 2. The van der Waals surface area contributed by atoms with Crippen molar-refractivity contribution in [1.82, 2.24) is 4.90 Å². The van der Waals surface area contributed by atoms with Gasteiger partial charge in [-0.2, -0.15) is 0 Å². The lowest BCUT2D eigenvalue weighted by molar-refractivity contribution is -0.147. The molecule has 148 valence electrons. The van der Waals surface area contributed by atoms with Crippen molar-refractivity contribution in [2.24, 2.45) is 11.3 Å². The summed E-state index contributed by atoms with van der Waals surface area (Å²) in [7, 11) is 0. The van der Waals surface area contributed by atoms with Crippen molar-refractivity contribution in [2.75, 3.05) is 18.4 Å². The molecule has 1 fully saturated rings. The number of hydrogen-bond donors (Lipinski definition) is 1.